The average molecular weight is 335 g/mol. The molecule has 0 aliphatic carbocycles. The summed E-state index contributed by atoms with van der Waals surface area (Å²) in [6, 6.07) is 6.85. The van der Waals surface area contributed by atoms with Crippen molar-refractivity contribution in [1.82, 2.24) is 0 Å². The van der Waals surface area contributed by atoms with E-state index in [1.54, 1.807) is 24.3 Å². The lowest BCUT2D eigenvalue weighted by atomic mass is 10.2. The Balaban J connectivity index is 2.80. The van der Waals surface area contributed by atoms with E-state index in [0.29, 0.717) is 22.9 Å². The zero-order chi connectivity index (χ0) is 11.3. The zero-order valence-electron chi connectivity index (χ0n) is 7.74. The third-order valence-corrected chi connectivity index (χ3v) is 4.02. The highest BCUT2D eigenvalue weighted by atomic mass is 79.9. The molecule has 1 unspecified atom stereocenters. The first kappa shape index (κ1) is 12.4. The highest BCUT2D eigenvalue weighted by Gasteiger charge is 2.14. The number of amides is 1. The van der Waals surface area contributed by atoms with Gasteiger partial charge in [-0.05, 0) is 12.1 Å². The number of carbonyl (C=O) groups is 2. The summed E-state index contributed by atoms with van der Waals surface area (Å²) in [5.41, 5.74) is 1.00. The lowest BCUT2D eigenvalue weighted by molar-refractivity contribution is -0.115. The molecule has 1 aromatic carbocycles. The molecule has 1 N–H and O–H groups in total. The Bertz CT molecular complexity index is 368. The normalized spacial score (nSPS) is 11.9. The average Bonchev–Trinajstić information content (AvgIpc) is 2.28. The Hall–Kier alpha value is -0.680. The number of alkyl halides is 2. The fourth-order valence-corrected chi connectivity index (χ4v) is 1.40. The van der Waals surface area contributed by atoms with Crippen molar-refractivity contribution in [2.45, 2.75) is 4.83 Å². The van der Waals surface area contributed by atoms with Gasteiger partial charge in [0.05, 0.1) is 5.69 Å². The molecule has 1 amide bonds. The fraction of sp³-hybridized carbons (Fsp3) is 0.200. The van der Waals surface area contributed by atoms with Crippen molar-refractivity contribution in [3.63, 3.8) is 0 Å². The largest absolute Gasteiger partial charge is 0.324 e. The monoisotopic (exact) mass is 333 g/mol. The Morgan fingerprint density at radius 1 is 1.47 bits per heavy atom. The third kappa shape index (κ3) is 3.43. The molecule has 0 aromatic heterocycles. The van der Waals surface area contributed by atoms with E-state index in [9.17, 15) is 9.59 Å². The van der Waals surface area contributed by atoms with E-state index in [0.717, 1.165) is 0 Å². The molecule has 0 spiro atoms. The van der Waals surface area contributed by atoms with Crippen molar-refractivity contribution in [2.24, 2.45) is 0 Å². The van der Waals surface area contributed by atoms with E-state index in [-0.39, 0.29) is 10.7 Å². The molecule has 15 heavy (non-hydrogen) atoms. The molecule has 5 heteroatoms. The molecule has 3 nitrogen and oxygen atoms in total. The molecule has 0 heterocycles. The van der Waals surface area contributed by atoms with Gasteiger partial charge in [-0.3, -0.25) is 9.59 Å². The summed E-state index contributed by atoms with van der Waals surface area (Å²) in [5, 5.41) is 3.18. The van der Waals surface area contributed by atoms with Crippen LogP contribution in [0.2, 0.25) is 0 Å². The molecular weight excluding hydrogens is 326 g/mol. The first-order valence-electron chi connectivity index (χ1n) is 4.24. The van der Waals surface area contributed by atoms with Gasteiger partial charge in [-0.15, -0.1) is 0 Å². The second kappa shape index (κ2) is 6.02. The molecule has 0 aliphatic heterocycles. The van der Waals surface area contributed by atoms with Crippen molar-refractivity contribution < 1.29 is 9.59 Å². The standard InChI is InChI=1S/C10H9Br2NO2/c11-5-8(12)10(15)13-9-4-2-1-3-7(9)6-14/h1-4,6,8H,5H2,(H,13,15). The van der Waals surface area contributed by atoms with Crippen LogP contribution >= 0.6 is 31.9 Å². The number of hydrogen-bond donors (Lipinski definition) is 1. The molecular formula is C10H9Br2NO2. The van der Waals surface area contributed by atoms with Gasteiger partial charge in [0.25, 0.3) is 0 Å². The zero-order valence-corrected chi connectivity index (χ0v) is 10.9. The highest BCUT2D eigenvalue weighted by molar-refractivity contribution is 9.12. The van der Waals surface area contributed by atoms with E-state index >= 15 is 0 Å². The number of nitrogens with one attached hydrogen (secondary N) is 1. The smallest absolute Gasteiger partial charge is 0.239 e. The summed E-state index contributed by atoms with van der Waals surface area (Å²) >= 11 is 6.39. The van der Waals surface area contributed by atoms with E-state index in [1.807, 2.05) is 0 Å². The Labute approximate surface area is 104 Å². The minimum Gasteiger partial charge on any atom is -0.324 e. The summed E-state index contributed by atoms with van der Waals surface area (Å²) in [6.45, 7) is 0. The van der Waals surface area contributed by atoms with Crippen LogP contribution in [0, 0.1) is 0 Å². The van der Waals surface area contributed by atoms with Crippen LogP contribution < -0.4 is 5.32 Å². The minimum absolute atomic E-state index is 0.179. The number of para-hydroxylation sites is 1. The van der Waals surface area contributed by atoms with Gasteiger partial charge in [0.15, 0.2) is 6.29 Å². The number of halogens is 2. The first-order chi connectivity index (χ1) is 7.19. The van der Waals surface area contributed by atoms with Gasteiger partial charge < -0.3 is 5.32 Å². The first-order valence-corrected chi connectivity index (χ1v) is 6.28. The molecule has 0 radical (unpaired) electrons. The number of anilines is 1. The summed E-state index contributed by atoms with van der Waals surface area (Å²) in [4.78, 5) is 21.9. The van der Waals surface area contributed by atoms with Gasteiger partial charge in [-0.2, -0.15) is 0 Å². The van der Waals surface area contributed by atoms with Crippen LogP contribution in [0.1, 0.15) is 10.4 Å². The van der Waals surface area contributed by atoms with Crippen LogP contribution in [0.5, 0.6) is 0 Å². The molecule has 0 saturated carbocycles. The highest BCUT2D eigenvalue weighted by Crippen LogP contribution is 2.14. The number of carbonyl (C=O) groups excluding carboxylic acids is 2. The summed E-state index contributed by atoms with van der Waals surface area (Å²) < 4.78 is 0. The molecule has 0 saturated heterocycles. The number of benzene rings is 1. The topological polar surface area (TPSA) is 46.2 Å². The molecule has 1 aromatic rings. The van der Waals surface area contributed by atoms with Crippen molar-refractivity contribution in [3.05, 3.63) is 29.8 Å². The van der Waals surface area contributed by atoms with E-state index in [1.165, 1.54) is 0 Å². The van der Waals surface area contributed by atoms with E-state index < -0.39 is 0 Å². The lowest BCUT2D eigenvalue weighted by Gasteiger charge is -2.09. The Kier molecular flexibility index (Phi) is 4.98. The van der Waals surface area contributed by atoms with Crippen LogP contribution in [-0.4, -0.2) is 22.4 Å². The van der Waals surface area contributed by atoms with Crippen LogP contribution in [0.15, 0.2) is 24.3 Å². The summed E-state index contributed by atoms with van der Waals surface area (Å²) in [5.74, 6) is -0.179. The van der Waals surface area contributed by atoms with Gasteiger partial charge in [-0.1, -0.05) is 44.0 Å². The minimum atomic E-state index is -0.308. The van der Waals surface area contributed by atoms with Gasteiger partial charge in [0.2, 0.25) is 5.91 Å². The molecule has 1 rings (SSSR count). The van der Waals surface area contributed by atoms with Crippen molar-refractivity contribution >= 4 is 49.7 Å². The predicted molar refractivity (Wildman–Crippen MR) is 67.0 cm³/mol. The predicted octanol–water partition coefficient (Wildman–Crippen LogP) is 2.60. The van der Waals surface area contributed by atoms with E-state index in [2.05, 4.69) is 37.2 Å². The fourth-order valence-electron chi connectivity index (χ4n) is 0.995. The summed E-state index contributed by atoms with van der Waals surface area (Å²) in [6.07, 6.45) is 0.715. The second-order valence-electron chi connectivity index (χ2n) is 2.82. The maximum absolute atomic E-state index is 11.5. The molecule has 1 atom stereocenters. The van der Waals surface area contributed by atoms with Crippen molar-refractivity contribution in [2.75, 3.05) is 10.6 Å². The lowest BCUT2D eigenvalue weighted by Crippen LogP contribution is -2.24. The molecule has 0 fully saturated rings. The maximum Gasteiger partial charge on any atom is 0.239 e. The number of rotatable bonds is 4. The van der Waals surface area contributed by atoms with Gasteiger partial charge in [0.1, 0.15) is 4.83 Å². The van der Waals surface area contributed by atoms with Crippen molar-refractivity contribution in [3.8, 4) is 0 Å². The van der Waals surface area contributed by atoms with Crippen LogP contribution in [0.4, 0.5) is 5.69 Å². The summed E-state index contributed by atoms with van der Waals surface area (Å²) in [7, 11) is 0. The molecule has 0 aliphatic rings. The van der Waals surface area contributed by atoms with Gasteiger partial charge in [-0.25, -0.2) is 0 Å². The quantitative estimate of drug-likeness (QED) is 0.679. The number of hydrogen-bond acceptors (Lipinski definition) is 2. The third-order valence-electron chi connectivity index (χ3n) is 1.77. The maximum atomic E-state index is 11.5. The number of aldehydes is 1. The van der Waals surface area contributed by atoms with Crippen LogP contribution in [0.3, 0.4) is 0 Å². The van der Waals surface area contributed by atoms with Gasteiger partial charge in [0, 0.05) is 10.9 Å². The van der Waals surface area contributed by atoms with E-state index in [4.69, 9.17) is 0 Å². The van der Waals surface area contributed by atoms with Crippen molar-refractivity contribution in [1.29, 1.82) is 0 Å². The van der Waals surface area contributed by atoms with Crippen LogP contribution in [0.25, 0.3) is 0 Å². The second-order valence-corrected chi connectivity index (χ2v) is 4.57. The Morgan fingerprint density at radius 2 is 2.13 bits per heavy atom. The SMILES string of the molecule is O=Cc1ccccc1NC(=O)C(Br)CBr. The molecule has 0 bridgehead atoms. The molecule has 80 valence electrons. The Morgan fingerprint density at radius 3 is 2.73 bits per heavy atom. The van der Waals surface area contributed by atoms with Gasteiger partial charge >= 0.3 is 0 Å². The van der Waals surface area contributed by atoms with Crippen LogP contribution in [-0.2, 0) is 4.79 Å².